The summed E-state index contributed by atoms with van der Waals surface area (Å²) in [4.78, 5) is 36.1. The van der Waals surface area contributed by atoms with Crippen molar-refractivity contribution in [3.05, 3.63) is 34.4 Å². The minimum Gasteiger partial charge on any atom is -0.484 e. The van der Waals surface area contributed by atoms with E-state index in [-0.39, 0.29) is 35.8 Å². The topological polar surface area (TPSA) is 128 Å². The van der Waals surface area contributed by atoms with Crippen LogP contribution in [0.2, 0.25) is 0 Å². The fraction of sp³-hybridized carbons (Fsp3) is 0.500. The number of nitrogens with one attached hydrogen (secondary N) is 1. The standard InChI is InChI=1S/C16H22N4O5/c17-6-7-18-16(22)12-3-2-8-19(10-12)15(21)11-25-14-5-1-4-13(9-14)20(23)24/h1,4-5,9,12H,2-3,6-8,10-11,17H2,(H,18,22). The van der Waals surface area contributed by atoms with E-state index in [9.17, 15) is 19.7 Å². The molecule has 0 bridgehead atoms. The minimum absolute atomic E-state index is 0.0949. The Morgan fingerprint density at radius 2 is 2.24 bits per heavy atom. The number of rotatable bonds is 7. The summed E-state index contributed by atoms with van der Waals surface area (Å²) in [5.41, 5.74) is 5.27. The number of hydrogen-bond acceptors (Lipinski definition) is 6. The van der Waals surface area contributed by atoms with Gasteiger partial charge < -0.3 is 20.7 Å². The number of carbonyl (C=O) groups is 2. The van der Waals surface area contributed by atoms with Crippen molar-refractivity contribution in [2.45, 2.75) is 12.8 Å². The molecule has 2 rings (SSSR count). The quantitative estimate of drug-likeness (QED) is 0.537. The molecule has 2 amide bonds. The monoisotopic (exact) mass is 350 g/mol. The summed E-state index contributed by atoms with van der Waals surface area (Å²) in [5, 5.41) is 13.5. The average molecular weight is 350 g/mol. The molecule has 0 saturated carbocycles. The highest BCUT2D eigenvalue weighted by Gasteiger charge is 2.28. The first kappa shape index (κ1) is 18.7. The van der Waals surface area contributed by atoms with Crippen LogP contribution in [0.3, 0.4) is 0 Å². The molecule has 9 nitrogen and oxygen atoms in total. The molecule has 0 aliphatic carbocycles. The van der Waals surface area contributed by atoms with Crippen LogP contribution >= 0.6 is 0 Å². The predicted molar refractivity (Wildman–Crippen MR) is 90.0 cm³/mol. The lowest BCUT2D eigenvalue weighted by Gasteiger charge is -2.32. The lowest BCUT2D eigenvalue weighted by atomic mass is 9.97. The van der Waals surface area contributed by atoms with Gasteiger partial charge in [-0.15, -0.1) is 0 Å². The largest absolute Gasteiger partial charge is 0.484 e. The third-order valence-electron chi connectivity index (χ3n) is 3.98. The van der Waals surface area contributed by atoms with Gasteiger partial charge in [0.25, 0.3) is 11.6 Å². The molecule has 1 aromatic carbocycles. The van der Waals surface area contributed by atoms with Crippen LogP contribution in [-0.4, -0.2) is 54.4 Å². The predicted octanol–water partition coefficient (Wildman–Crippen LogP) is 0.287. The Morgan fingerprint density at radius 3 is 2.96 bits per heavy atom. The molecular formula is C16H22N4O5. The van der Waals surface area contributed by atoms with Gasteiger partial charge in [0.15, 0.2) is 6.61 Å². The number of amides is 2. The number of piperidine rings is 1. The zero-order valence-electron chi connectivity index (χ0n) is 13.8. The number of nitro groups is 1. The lowest BCUT2D eigenvalue weighted by Crippen LogP contribution is -2.47. The highest BCUT2D eigenvalue weighted by molar-refractivity contribution is 5.82. The average Bonchev–Trinajstić information content (AvgIpc) is 2.64. The van der Waals surface area contributed by atoms with Gasteiger partial charge in [-0.05, 0) is 18.9 Å². The number of nitro benzene ring substituents is 1. The van der Waals surface area contributed by atoms with E-state index in [0.29, 0.717) is 26.2 Å². The second-order valence-corrected chi connectivity index (χ2v) is 5.80. The molecule has 25 heavy (non-hydrogen) atoms. The molecular weight excluding hydrogens is 328 g/mol. The Balaban J connectivity index is 1.86. The zero-order chi connectivity index (χ0) is 18.2. The van der Waals surface area contributed by atoms with Crippen molar-refractivity contribution in [1.29, 1.82) is 0 Å². The Bertz CT molecular complexity index is 637. The minimum atomic E-state index is -0.524. The molecule has 1 heterocycles. The van der Waals surface area contributed by atoms with Gasteiger partial charge in [0.2, 0.25) is 5.91 Å². The number of carbonyl (C=O) groups excluding carboxylic acids is 2. The number of benzene rings is 1. The van der Waals surface area contributed by atoms with E-state index < -0.39 is 4.92 Å². The number of nitrogens with zero attached hydrogens (tertiary/aromatic N) is 2. The number of ether oxygens (including phenoxy) is 1. The second-order valence-electron chi connectivity index (χ2n) is 5.80. The Kier molecular flexibility index (Phi) is 6.70. The highest BCUT2D eigenvalue weighted by atomic mass is 16.6. The molecule has 3 N–H and O–H groups in total. The summed E-state index contributed by atoms with van der Waals surface area (Å²) in [5.74, 6) is -0.329. The number of hydrogen-bond donors (Lipinski definition) is 2. The van der Waals surface area contributed by atoms with Gasteiger partial charge in [-0.2, -0.15) is 0 Å². The van der Waals surface area contributed by atoms with Crippen molar-refractivity contribution < 1.29 is 19.2 Å². The van der Waals surface area contributed by atoms with Crippen LogP contribution < -0.4 is 15.8 Å². The molecule has 0 spiro atoms. The molecule has 1 saturated heterocycles. The van der Waals surface area contributed by atoms with Gasteiger partial charge in [0.1, 0.15) is 5.75 Å². The maximum Gasteiger partial charge on any atom is 0.273 e. The molecule has 1 unspecified atom stereocenters. The van der Waals surface area contributed by atoms with Gasteiger partial charge in [-0.3, -0.25) is 19.7 Å². The van der Waals surface area contributed by atoms with Gasteiger partial charge in [-0.1, -0.05) is 6.07 Å². The molecule has 0 aromatic heterocycles. The van der Waals surface area contributed by atoms with Crippen molar-refractivity contribution in [1.82, 2.24) is 10.2 Å². The van der Waals surface area contributed by atoms with Crippen LogP contribution in [0.25, 0.3) is 0 Å². The van der Waals surface area contributed by atoms with E-state index in [2.05, 4.69) is 5.32 Å². The molecule has 1 aromatic rings. The van der Waals surface area contributed by atoms with E-state index in [1.54, 1.807) is 11.0 Å². The normalized spacial score (nSPS) is 17.0. The van der Waals surface area contributed by atoms with Gasteiger partial charge in [-0.25, -0.2) is 0 Å². The SMILES string of the molecule is NCCNC(=O)C1CCCN(C(=O)COc2cccc([N+](=O)[O-])c2)C1. The summed E-state index contributed by atoms with van der Waals surface area (Å²) >= 11 is 0. The second kappa shape index (κ2) is 8.97. The van der Waals surface area contributed by atoms with E-state index in [1.165, 1.54) is 18.2 Å². The van der Waals surface area contributed by atoms with Gasteiger partial charge in [0.05, 0.1) is 16.9 Å². The lowest BCUT2D eigenvalue weighted by molar-refractivity contribution is -0.384. The van der Waals surface area contributed by atoms with Gasteiger partial charge >= 0.3 is 0 Å². The Morgan fingerprint density at radius 1 is 1.44 bits per heavy atom. The Hall–Kier alpha value is -2.68. The van der Waals surface area contributed by atoms with Crippen molar-refractivity contribution in [2.75, 3.05) is 32.8 Å². The summed E-state index contributed by atoms with van der Waals surface area (Å²) in [6, 6.07) is 5.67. The molecule has 1 aliphatic heterocycles. The summed E-state index contributed by atoms with van der Waals surface area (Å²) in [6.07, 6.45) is 1.47. The molecule has 1 aliphatic rings. The zero-order valence-corrected chi connectivity index (χ0v) is 13.8. The summed E-state index contributed by atoms with van der Waals surface area (Å²) in [6.45, 7) is 1.47. The maximum absolute atomic E-state index is 12.3. The Labute approximate surface area is 145 Å². The van der Waals surface area contributed by atoms with Crippen LogP contribution in [0.1, 0.15) is 12.8 Å². The van der Waals surface area contributed by atoms with Crippen LogP contribution in [0.5, 0.6) is 5.75 Å². The molecule has 0 radical (unpaired) electrons. The molecule has 1 fully saturated rings. The fourth-order valence-electron chi connectivity index (χ4n) is 2.68. The van der Waals surface area contributed by atoms with Crippen molar-refractivity contribution in [3.63, 3.8) is 0 Å². The van der Waals surface area contributed by atoms with E-state index in [0.717, 1.165) is 12.8 Å². The molecule has 136 valence electrons. The number of nitrogens with two attached hydrogens (primary N) is 1. The fourth-order valence-corrected chi connectivity index (χ4v) is 2.68. The number of non-ortho nitro benzene ring substituents is 1. The van der Waals surface area contributed by atoms with Crippen LogP contribution in [0, 0.1) is 16.0 Å². The first-order chi connectivity index (χ1) is 12.0. The number of likely N-dealkylation sites (tertiary alicyclic amines) is 1. The molecule has 9 heteroatoms. The maximum atomic E-state index is 12.3. The third kappa shape index (κ3) is 5.42. The van der Waals surface area contributed by atoms with E-state index in [4.69, 9.17) is 10.5 Å². The van der Waals surface area contributed by atoms with E-state index in [1.807, 2.05) is 0 Å². The van der Waals surface area contributed by atoms with Crippen LogP contribution in [0.4, 0.5) is 5.69 Å². The molecule has 1 atom stereocenters. The van der Waals surface area contributed by atoms with Gasteiger partial charge in [0, 0.05) is 32.2 Å². The van der Waals surface area contributed by atoms with Crippen molar-refractivity contribution in [3.8, 4) is 5.75 Å². The highest BCUT2D eigenvalue weighted by Crippen LogP contribution is 2.20. The third-order valence-corrected chi connectivity index (χ3v) is 3.98. The first-order valence-electron chi connectivity index (χ1n) is 8.14. The first-order valence-corrected chi connectivity index (χ1v) is 8.14. The van der Waals surface area contributed by atoms with Crippen molar-refractivity contribution >= 4 is 17.5 Å². The van der Waals surface area contributed by atoms with Crippen LogP contribution in [-0.2, 0) is 9.59 Å². The summed E-state index contributed by atoms with van der Waals surface area (Å²) < 4.78 is 5.36. The van der Waals surface area contributed by atoms with Crippen molar-refractivity contribution in [2.24, 2.45) is 11.7 Å². The summed E-state index contributed by atoms with van der Waals surface area (Å²) in [7, 11) is 0. The van der Waals surface area contributed by atoms with E-state index >= 15 is 0 Å². The van der Waals surface area contributed by atoms with Crippen LogP contribution in [0.15, 0.2) is 24.3 Å². The smallest absolute Gasteiger partial charge is 0.273 e.